The molecule has 0 aromatic carbocycles. The number of carbonyl (C=O) groups is 6. The van der Waals surface area contributed by atoms with E-state index in [0.717, 1.165) is 4.90 Å². The molecule has 21 heteroatoms. The van der Waals surface area contributed by atoms with Crippen LogP contribution in [-0.4, -0.2) is 149 Å². The minimum atomic E-state index is -1.34. The first-order chi connectivity index (χ1) is 23.1. The number of carboxylic acid groups (broad SMARTS) is 3. The van der Waals surface area contributed by atoms with E-state index in [1.54, 1.807) is 28.1 Å². The van der Waals surface area contributed by atoms with Crippen molar-refractivity contribution in [3.63, 3.8) is 0 Å². The minimum absolute atomic E-state index is 0.0103. The van der Waals surface area contributed by atoms with Gasteiger partial charge >= 0.3 is 35.5 Å². The molecule has 1 aliphatic heterocycles. The summed E-state index contributed by atoms with van der Waals surface area (Å²) >= 11 is 4.75. The summed E-state index contributed by atoms with van der Waals surface area (Å²) in [6, 6.07) is -3.47. The summed E-state index contributed by atoms with van der Waals surface area (Å²) in [5.74, 6) is -4.03. The van der Waals surface area contributed by atoms with Crippen molar-refractivity contribution in [3.8, 4) is 0 Å². The largest absolute Gasteiger partial charge is 0.480 e. The van der Waals surface area contributed by atoms with Gasteiger partial charge in [0.2, 0.25) is 0 Å². The summed E-state index contributed by atoms with van der Waals surface area (Å²) in [4.78, 5) is 64.0. The van der Waals surface area contributed by atoms with E-state index in [0.29, 0.717) is 0 Å². The molecule has 0 aromatic rings. The number of ether oxygens (including phenoxy) is 6. The summed E-state index contributed by atoms with van der Waals surface area (Å²) < 4.78 is 28.4. The quantitative estimate of drug-likeness (QED) is 0.0567. The van der Waals surface area contributed by atoms with Crippen LogP contribution in [0.4, 0.5) is 14.4 Å². The van der Waals surface area contributed by atoms with Crippen LogP contribution < -0.4 is 11.1 Å². The number of hydrogen-bond donors (Lipinski definition) is 7. The molecule has 1 heterocycles. The Morgan fingerprint density at radius 3 is 1.66 bits per heavy atom. The average molecular weight is 748 g/mol. The Balaban J connectivity index is -0.000000279. The van der Waals surface area contributed by atoms with E-state index in [9.17, 15) is 28.8 Å². The number of carboxylic acids is 3. The molecule has 0 spiro atoms. The molecule has 3 atom stereocenters. The highest BCUT2D eigenvalue weighted by Gasteiger charge is 2.48. The van der Waals surface area contributed by atoms with Crippen molar-refractivity contribution in [1.29, 1.82) is 0 Å². The van der Waals surface area contributed by atoms with Gasteiger partial charge in [-0.25, -0.2) is 24.0 Å². The summed E-state index contributed by atoms with van der Waals surface area (Å²) in [7, 11) is 3.23. The molecule has 0 aromatic heterocycles. The van der Waals surface area contributed by atoms with Gasteiger partial charge in [-0.15, -0.1) is 0 Å². The fourth-order valence-corrected chi connectivity index (χ4v) is 2.38. The molecule has 2 amide bonds. The number of aliphatic hydroxyl groups excluding tert-OH is 2. The summed E-state index contributed by atoms with van der Waals surface area (Å²) in [5.41, 5.74) is 3.00. The Hall–Kier alpha value is -4.31. The third-order valence-corrected chi connectivity index (χ3v) is 5.32. The number of halogens is 1. The standard InChI is InChI=1S/C10H15NO5.C7H11NO5.C5H12O2.C4H5ClO2.C3H7NO3/c1-4-5-15-9(14)11-7(8(12)13)6-16-10(11,2)3;1-2-3-13-7(12)8-5(4-9)6(10)11;1-5(2,6-3)7-4;1-2-3-7-4(5)6;4-2(1-5)3(6)7/h4,7H,1,5-6H2,2-3H3,(H,12,13);2,5,9H,1,3-4H2,(H,8,12)(H,10,11);1-4H3;2H,1,3H2;2,5H,1,4H2,(H,6,7)/t7-;;;;/m0..../s1. The second kappa shape index (κ2) is 29.6. The number of rotatable bonds is 14. The molecule has 50 heavy (non-hydrogen) atoms. The fourth-order valence-electron chi connectivity index (χ4n) is 2.32. The SMILES string of the molecule is C=CCOC(=O)Cl.C=CCOC(=O)N1[C@H](C(=O)O)COC1(C)C.C=CCOC(=O)NC(CO)C(=O)O.COC(C)(C)OC.NC(CO)C(=O)O. The summed E-state index contributed by atoms with van der Waals surface area (Å²) in [5, 5.41) is 43.7. The van der Waals surface area contributed by atoms with Crippen molar-refractivity contribution in [2.75, 3.05) is 53.9 Å². The Kier molecular flexibility index (Phi) is 31.1. The number of amides is 2. The lowest BCUT2D eigenvalue weighted by atomic mass is 10.2. The second-order valence-electron chi connectivity index (χ2n) is 9.72. The van der Waals surface area contributed by atoms with E-state index < -0.39 is 78.4 Å². The number of nitrogens with zero attached hydrogens (tertiary/aromatic N) is 1. The number of nitrogens with one attached hydrogen (secondary N) is 1. The van der Waals surface area contributed by atoms with E-state index >= 15 is 0 Å². The summed E-state index contributed by atoms with van der Waals surface area (Å²) in [6.45, 7) is 15.9. The predicted octanol–water partition coefficient (Wildman–Crippen LogP) is 1.13. The second-order valence-corrected chi connectivity index (χ2v) is 10.0. The van der Waals surface area contributed by atoms with Crippen molar-refractivity contribution >= 4 is 47.1 Å². The zero-order valence-corrected chi connectivity index (χ0v) is 29.6. The van der Waals surface area contributed by atoms with Gasteiger partial charge < -0.3 is 65.0 Å². The van der Waals surface area contributed by atoms with Gasteiger partial charge in [0.1, 0.15) is 31.6 Å². The lowest BCUT2D eigenvalue weighted by molar-refractivity contribution is -0.178. The molecule has 0 bridgehead atoms. The molecule has 1 saturated heterocycles. The third-order valence-electron chi connectivity index (χ3n) is 5.21. The maximum absolute atomic E-state index is 11.6. The molecular weight excluding hydrogens is 698 g/mol. The Morgan fingerprint density at radius 1 is 0.920 bits per heavy atom. The lowest BCUT2D eigenvalue weighted by Crippen LogP contribution is -2.50. The van der Waals surface area contributed by atoms with Gasteiger partial charge in [-0.2, -0.15) is 0 Å². The Labute approximate surface area is 294 Å². The molecule has 0 saturated carbocycles. The minimum Gasteiger partial charge on any atom is -0.480 e. The molecule has 8 N–H and O–H groups in total. The van der Waals surface area contributed by atoms with Gasteiger partial charge in [-0.3, -0.25) is 9.69 Å². The number of aliphatic carboxylic acids is 3. The van der Waals surface area contributed by atoms with Gasteiger partial charge in [0, 0.05) is 25.8 Å². The first kappa shape index (κ1) is 52.5. The van der Waals surface area contributed by atoms with Crippen molar-refractivity contribution in [2.24, 2.45) is 5.73 Å². The molecule has 1 rings (SSSR count). The Bertz CT molecular complexity index is 1070. The van der Waals surface area contributed by atoms with Crippen molar-refractivity contribution < 1.29 is 82.7 Å². The van der Waals surface area contributed by atoms with Crippen LogP contribution in [0.25, 0.3) is 0 Å². The van der Waals surface area contributed by atoms with E-state index in [1.807, 2.05) is 19.2 Å². The highest BCUT2D eigenvalue weighted by molar-refractivity contribution is 6.61. The Morgan fingerprint density at radius 2 is 1.38 bits per heavy atom. The zero-order valence-electron chi connectivity index (χ0n) is 28.9. The van der Waals surface area contributed by atoms with Crippen LogP contribution in [0.15, 0.2) is 38.0 Å². The van der Waals surface area contributed by atoms with Crippen LogP contribution in [-0.2, 0) is 42.8 Å². The molecule has 0 radical (unpaired) electrons. The molecule has 20 nitrogen and oxygen atoms in total. The molecular formula is C29H50ClN3O17. The van der Waals surface area contributed by atoms with E-state index in [1.165, 1.54) is 18.2 Å². The first-order valence-electron chi connectivity index (χ1n) is 14.0. The lowest BCUT2D eigenvalue weighted by Gasteiger charge is -2.30. The summed E-state index contributed by atoms with van der Waals surface area (Å²) in [6.07, 6.45) is 2.59. The first-order valence-corrected chi connectivity index (χ1v) is 14.4. The zero-order chi connectivity index (χ0) is 40.1. The number of nitrogens with two attached hydrogens (primary N) is 1. The highest BCUT2D eigenvalue weighted by atomic mass is 35.5. The topological polar surface area (TPSA) is 300 Å². The number of hydrogen-bond acceptors (Lipinski definition) is 15. The van der Waals surface area contributed by atoms with Crippen LogP contribution in [0.2, 0.25) is 0 Å². The van der Waals surface area contributed by atoms with Crippen LogP contribution in [0, 0.1) is 0 Å². The van der Waals surface area contributed by atoms with Gasteiger partial charge in [-0.05, 0) is 27.7 Å². The molecule has 1 fully saturated rings. The van der Waals surface area contributed by atoms with Crippen LogP contribution >= 0.6 is 11.6 Å². The average Bonchev–Trinajstić information content (AvgIpc) is 3.39. The van der Waals surface area contributed by atoms with E-state index in [-0.39, 0.29) is 26.4 Å². The molecule has 1 aliphatic rings. The molecule has 2 unspecified atom stereocenters. The van der Waals surface area contributed by atoms with Crippen molar-refractivity contribution in [3.05, 3.63) is 38.0 Å². The number of methoxy groups -OCH3 is 2. The van der Waals surface area contributed by atoms with Gasteiger partial charge in [-0.1, -0.05) is 38.0 Å². The van der Waals surface area contributed by atoms with Crippen LogP contribution in [0.5, 0.6) is 0 Å². The van der Waals surface area contributed by atoms with E-state index in [4.69, 9.17) is 61.8 Å². The fraction of sp³-hybridized carbons (Fsp3) is 0.586. The van der Waals surface area contributed by atoms with Crippen molar-refractivity contribution in [2.45, 2.75) is 57.3 Å². The predicted molar refractivity (Wildman–Crippen MR) is 176 cm³/mol. The number of aliphatic hydroxyl groups is 2. The molecule has 0 aliphatic carbocycles. The normalized spacial score (nSPS) is 14.9. The monoisotopic (exact) mass is 747 g/mol. The number of alkyl carbamates (subject to hydrolysis) is 1. The van der Waals surface area contributed by atoms with Gasteiger partial charge in [0.15, 0.2) is 17.9 Å². The van der Waals surface area contributed by atoms with Crippen LogP contribution in [0.1, 0.15) is 27.7 Å². The van der Waals surface area contributed by atoms with Crippen molar-refractivity contribution in [1.82, 2.24) is 10.2 Å². The maximum atomic E-state index is 11.6. The third kappa shape index (κ3) is 27.6. The van der Waals surface area contributed by atoms with Gasteiger partial charge in [0.25, 0.3) is 0 Å². The van der Waals surface area contributed by atoms with Gasteiger partial charge in [0.05, 0.1) is 19.8 Å². The smallest absolute Gasteiger partial charge is 0.413 e. The maximum Gasteiger partial charge on any atom is 0.413 e. The van der Waals surface area contributed by atoms with Crippen LogP contribution in [0.3, 0.4) is 0 Å². The number of carbonyl (C=O) groups excluding carboxylic acids is 3. The highest BCUT2D eigenvalue weighted by Crippen LogP contribution is 2.28. The molecule has 290 valence electrons. The van der Waals surface area contributed by atoms with E-state index in [2.05, 4.69) is 29.2 Å².